The van der Waals surface area contributed by atoms with Crippen LogP contribution in [0.5, 0.6) is 0 Å². The number of nitrogens with one attached hydrogen (secondary N) is 1. The Balaban J connectivity index is 1.73. The zero-order valence-corrected chi connectivity index (χ0v) is 15.1. The smallest absolute Gasteiger partial charge is 0.312 e. The number of rotatable bonds is 5. The average Bonchev–Trinajstić information content (AvgIpc) is 2.92. The van der Waals surface area contributed by atoms with Gasteiger partial charge in [0, 0.05) is 17.3 Å². The van der Waals surface area contributed by atoms with E-state index in [0.717, 1.165) is 17.7 Å². The molecular weight excluding hydrogens is 370 g/mol. The third-order valence-corrected chi connectivity index (χ3v) is 4.25. The maximum Gasteiger partial charge on any atom is 0.312 e. The van der Waals surface area contributed by atoms with Crippen LogP contribution >= 0.6 is 0 Å². The number of nitro groups is 1. The van der Waals surface area contributed by atoms with Gasteiger partial charge in [0.25, 0.3) is 5.91 Å². The lowest BCUT2D eigenvalue weighted by Gasteiger charge is -2.08. The van der Waals surface area contributed by atoms with Crippen molar-refractivity contribution in [2.45, 2.75) is 20.4 Å². The Morgan fingerprint density at radius 3 is 2.39 bits per heavy atom. The molecule has 0 fully saturated rings. The molecule has 0 unspecified atom stereocenters. The number of hydrogen-bond acceptors (Lipinski definition) is 4. The summed E-state index contributed by atoms with van der Waals surface area (Å²) in [4.78, 5) is 22.9. The molecular formula is C19H16F2N4O3. The summed E-state index contributed by atoms with van der Waals surface area (Å²) in [6, 6.07) is 9.64. The lowest BCUT2D eigenvalue weighted by atomic mass is 10.1. The molecule has 144 valence electrons. The molecule has 0 saturated heterocycles. The van der Waals surface area contributed by atoms with Gasteiger partial charge >= 0.3 is 5.69 Å². The minimum absolute atomic E-state index is 0.0115. The van der Waals surface area contributed by atoms with Crippen molar-refractivity contribution in [2.24, 2.45) is 0 Å². The maximum atomic E-state index is 13.2. The van der Waals surface area contributed by atoms with Gasteiger partial charge in [0.2, 0.25) is 0 Å². The Hall–Kier alpha value is -3.62. The van der Waals surface area contributed by atoms with Crippen LogP contribution in [-0.4, -0.2) is 20.6 Å². The molecule has 1 N–H and O–H groups in total. The van der Waals surface area contributed by atoms with Crippen LogP contribution in [0.1, 0.15) is 27.3 Å². The normalized spacial score (nSPS) is 10.7. The van der Waals surface area contributed by atoms with Crippen molar-refractivity contribution in [3.8, 4) is 0 Å². The second kappa shape index (κ2) is 7.55. The summed E-state index contributed by atoms with van der Waals surface area (Å²) in [5.41, 5.74) is 2.04. The van der Waals surface area contributed by atoms with Crippen LogP contribution in [0.2, 0.25) is 0 Å². The minimum Gasteiger partial charge on any atom is -0.322 e. The number of aromatic nitrogens is 2. The van der Waals surface area contributed by atoms with E-state index in [1.165, 1.54) is 10.7 Å². The van der Waals surface area contributed by atoms with Gasteiger partial charge in [-0.05, 0) is 43.7 Å². The molecule has 0 aliphatic heterocycles. The first-order chi connectivity index (χ1) is 13.3. The number of nitrogens with zero attached hydrogens (tertiary/aromatic N) is 3. The van der Waals surface area contributed by atoms with Gasteiger partial charge in [-0.2, -0.15) is 5.10 Å². The standard InChI is InChI=1S/C19H16F2N4O3/c1-11-18(25(27)28)12(2)24(23-11)10-13-3-5-14(6-4-13)19(26)22-15-7-8-16(20)17(21)9-15/h3-9H,10H2,1-2H3,(H,22,26). The number of halogens is 2. The van der Waals surface area contributed by atoms with E-state index < -0.39 is 22.5 Å². The van der Waals surface area contributed by atoms with Crippen LogP contribution in [0, 0.1) is 35.6 Å². The van der Waals surface area contributed by atoms with Crippen LogP contribution < -0.4 is 5.32 Å². The van der Waals surface area contributed by atoms with Gasteiger partial charge in [0.05, 0.1) is 11.5 Å². The molecule has 1 amide bonds. The van der Waals surface area contributed by atoms with E-state index in [-0.39, 0.29) is 11.4 Å². The topological polar surface area (TPSA) is 90.1 Å². The Morgan fingerprint density at radius 1 is 1.14 bits per heavy atom. The summed E-state index contributed by atoms with van der Waals surface area (Å²) < 4.78 is 27.7. The summed E-state index contributed by atoms with van der Waals surface area (Å²) in [7, 11) is 0. The molecule has 9 heteroatoms. The van der Waals surface area contributed by atoms with E-state index in [1.807, 2.05) is 0 Å². The van der Waals surface area contributed by atoms with E-state index in [4.69, 9.17) is 0 Å². The Labute approximate surface area is 158 Å². The lowest BCUT2D eigenvalue weighted by Crippen LogP contribution is -2.12. The SMILES string of the molecule is Cc1nn(Cc2ccc(C(=O)Nc3ccc(F)c(F)c3)cc2)c(C)c1[N+](=O)[O-]. The summed E-state index contributed by atoms with van der Waals surface area (Å²) in [6.45, 7) is 3.51. The zero-order chi connectivity index (χ0) is 20.4. The van der Waals surface area contributed by atoms with E-state index in [2.05, 4.69) is 10.4 Å². The molecule has 1 heterocycles. The van der Waals surface area contributed by atoms with Crippen LogP contribution in [0.4, 0.5) is 20.2 Å². The first-order valence-corrected chi connectivity index (χ1v) is 8.30. The third kappa shape index (κ3) is 3.88. The van der Waals surface area contributed by atoms with E-state index >= 15 is 0 Å². The molecule has 0 atom stereocenters. The van der Waals surface area contributed by atoms with Crippen molar-refractivity contribution >= 4 is 17.3 Å². The van der Waals surface area contributed by atoms with Gasteiger partial charge in [0.1, 0.15) is 11.4 Å². The van der Waals surface area contributed by atoms with Crippen molar-refractivity contribution in [2.75, 3.05) is 5.32 Å². The summed E-state index contributed by atoms with van der Waals surface area (Å²) in [5, 5.41) is 17.8. The summed E-state index contributed by atoms with van der Waals surface area (Å²) >= 11 is 0. The highest BCUT2D eigenvalue weighted by molar-refractivity contribution is 6.04. The van der Waals surface area contributed by atoms with Gasteiger partial charge in [-0.3, -0.25) is 19.6 Å². The van der Waals surface area contributed by atoms with E-state index in [0.29, 0.717) is 23.5 Å². The Kier molecular flexibility index (Phi) is 5.16. The van der Waals surface area contributed by atoms with E-state index in [9.17, 15) is 23.7 Å². The molecule has 1 aromatic heterocycles. The largest absolute Gasteiger partial charge is 0.322 e. The fourth-order valence-corrected chi connectivity index (χ4v) is 2.82. The molecule has 2 aromatic carbocycles. The van der Waals surface area contributed by atoms with Crippen molar-refractivity contribution in [1.82, 2.24) is 9.78 Å². The van der Waals surface area contributed by atoms with Crippen LogP contribution in [0.25, 0.3) is 0 Å². The zero-order valence-electron chi connectivity index (χ0n) is 15.1. The number of carbonyl (C=O) groups is 1. The van der Waals surface area contributed by atoms with Crippen LogP contribution in [0.15, 0.2) is 42.5 Å². The molecule has 0 radical (unpaired) electrons. The highest BCUT2D eigenvalue weighted by Gasteiger charge is 2.21. The van der Waals surface area contributed by atoms with Gasteiger partial charge < -0.3 is 5.32 Å². The Morgan fingerprint density at radius 2 is 1.82 bits per heavy atom. The molecule has 3 rings (SSSR count). The molecule has 28 heavy (non-hydrogen) atoms. The van der Waals surface area contributed by atoms with Crippen molar-refractivity contribution in [1.29, 1.82) is 0 Å². The monoisotopic (exact) mass is 386 g/mol. The molecule has 0 bridgehead atoms. The van der Waals surface area contributed by atoms with Gasteiger partial charge in [-0.25, -0.2) is 8.78 Å². The molecule has 7 nitrogen and oxygen atoms in total. The van der Waals surface area contributed by atoms with Gasteiger partial charge in [0.15, 0.2) is 11.6 Å². The van der Waals surface area contributed by atoms with Crippen LogP contribution in [0.3, 0.4) is 0 Å². The number of hydrogen-bond donors (Lipinski definition) is 1. The van der Waals surface area contributed by atoms with Crippen molar-refractivity contribution < 1.29 is 18.5 Å². The first kappa shape index (κ1) is 19.2. The van der Waals surface area contributed by atoms with Crippen molar-refractivity contribution in [3.63, 3.8) is 0 Å². The molecule has 0 spiro atoms. The molecule has 0 aliphatic rings. The second-order valence-corrected chi connectivity index (χ2v) is 6.21. The average molecular weight is 386 g/mol. The predicted molar refractivity (Wildman–Crippen MR) is 98.2 cm³/mol. The highest BCUT2D eigenvalue weighted by Crippen LogP contribution is 2.22. The van der Waals surface area contributed by atoms with Gasteiger partial charge in [-0.15, -0.1) is 0 Å². The number of anilines is 1. The number of benzene rings is 2. The maximum absolute atomic E-state index is 13.2. The molecule has 0 saturated carbocycles. The fourth-order valence-electron chi connectivity index (χ4n) is 2.82. The predicted octanol–water partition coefficient (Wildman–Crippen LogP) is 3.99. The molecule has 0 aliphatic carbocycles. The van der Waals surface area contributed by atoms with E-state index in [1.54, 1.807) is 38.1 Å². The number of amides is 1. The fraction of sp³-hybridized carbons (Fsp3) is 0.158. The second-order valence-electron chi connectivity index (χ2n) is 6.21. The minimum atomic E-state index is -1.05. The number of aryl methyl sites for hydroxylation is 1. The quantitative estimate of drug-likeness (QED) is 0.530. The lowest BCUT2D eigenvalue weighted by molar-refractivity contribution is -0.386. The van der Waals surface area contributed by atoms with Gasteiger partial charge in [-0.1, -0.05) is 12.1 Å². The molecule has 3 aromatic rings. The summed E-state index contributed by atoms with van der Waals surface area (Å²) in [5.74, 6) is -2.52. The third-order valence-electron chi connectivity index (χ3n) is 4.25. The Bertz CT molecular complexity index is 1060. The number of carbonyl (C=O) groups excluding carboxylic acids is 1. The highest BCUT2D eigenvalue weighted by atomic mass is 19.2. The van der Waals surface area contributed by atoms with Crippen molar-refractivity contribution in [3.05, 3.63) is 86.7 Å². The first-order valence-electron chi connectivity index (χ1n) is 8.30. The van der Waals surface area contributed by atoms with Crippen LogP contribution in [-0.2, 0) is 6.54 Å². The summed E-state index contributed by atoms with van der Waals surface area (Å²) in [6.07, 6.45) is 0.